The number of methoxy groups -OCH3 is 1. The molecule has 0 aromatic heterocycles. The SMILES string of the molecule is CCOCCc1cc(C(=O)OC)c(Cl)c(C#C[SiH2]C)c1N. The number of benzene rings is 1. The number of halogens is 1. The summed E-state index contributed by atoms with van der Waals surface area (Å²) in [4.78, 5) is 11.8. The van der Waals surface area contributed by atoms with Gasteiger partial charge in [-0.15, -0.1) is 5.54 Å². The number of hydrogen-bond acceptors (Lipinski definition) is 4. The lowest BCUT2D eigenvalue weighted by Crippen LogP contribution is -2.09. The summed E-state index contributed by atoms with van der Waals surface area (Å²) in [7, 11) is 0.872. The Labute approximate surface area is 132 Å². The van der Waals surface area contributed by atoms with Crippen molar-refractivity contribution in [2.24, 2.45) is 0 Å². The van der Waals surface area contributed by atoms with Gasteiger partial charge in [-0.3, -0.25) is 0 Å². The molecule has 1 aromatic carbocycles. The van der Waals surface area contributed by atoms with Crippen molar-refractivity contribution in [3.8, 4) is 11.5 Å². The van der Waals surface area contributed by atoms with Crippen molar-refractivity contribution in [2.75, 3.05) is 26.1 Å². The zero-order valence-corrected chi connectivity index (χ0v) is 14.8. The van der Waals surface area contributed by atoms with E-state index in [1.807, 2.05) is 6.92 Å². The second-order valence-electron chi connectivity index (χ2n) is 4.28. The molecule has 0 spiro atoms. The molecule has 0 bridgehead atoms. The van der Waals surface area contributed by atoms with Gasteiger partial charge < -0.3 is 15.2 Å². The van der Waals surface area contributed by atoms with Crippen LogP contribution in [0.15, 0.2) is 6.07 Å². The van der Waals surface area contributed by atoms with Gasteiger partial charge in [-0.2, -0.15) is 0 Å². The molecule has 0 aliphatic heterocycles. The Hall–Kier alpha value is -1.48. The van der Waals surface area contributed by atoms with Gasteiger partial charge in [0, 0.05) is 6.61 Å². The first-order valence-electron chi connectivity index (χ1n) is 6.82. The first kappa shape index (κ1) is 17.6. The molecule has 0 aliphatic carbocycles. The lowest BCUT2D eigenvalue weighted by Gasteiger charge is -2.13. The molecule has 21 heavy (non-hydrogen) atoms. The molecule has 0 saturated heterocycles. The molecule has 4 nitrogen and oxygen atoms in total. The predicted molar refractivity (Wildman–Crippen MR) is 88.7 cm³/mol. The molecule has 0 atom stereocenters. The Bertz CT molecular complexity index is 579. The first-order valence-corrected chi connectivity index (χ1v) is 9.32. The van der Waals surface area contributed by atoms with Crippen LogP contribution in [-0.2, 0) is 15.9 Å². The van der Waals surface area contributed by atoms with E-state index in [2.05, 4.69) is 18.0 Å². The zero-order chi connectivity index (χ0) is 15.8. The molecule has 0 saturated carbocycles. The van der Waals surface area contributed by atoms with E-state index in [1.165, 1.54) is 7.11 Å². The van der Waals surface area contributed by atoms with Gasteiger partial charge in [-0.25, -0.2) is 4.79 Å². The lowest BCUT2D eigenvalue weighted by molar-refractivity contribution is 0.0600. The maximum atomic E-state index is 11.8. The molecule has 0 radical (unpaired) electrons. The monoisotopic (exact) mass is 325 g/mol. The number of nitrogens with two attached hydrogens (primary N) is 1. The van der Waals surface area contributed by atoms with Crippen molar-refractivity contribution in [2.45, 2.75) is 19.9 Å². The number of anilines is 1. The number of carbonyl (C=O) groups excluding carboxylic acids is 1. The van der Waals surface area contributed by atoms with Gasteiger partial charge >= 0.3 is 5.97 Å². The third-order valence-electron chi connectivity index (χ3n) is 2.91. The predicted octanol–water partition coefficient (Wildman–Crippen LogP) is 1.81. The molecule has 0 heterocycles. The standard InChI is InChI=1S/C15H20ClNO3Si/c1-4-20-7-5-10-9-12(15(18)19-2)13(16)11(14(10)17)6-8-21-3/h9H,4-5,7,17,21H2,1-3H3. The Morgan fingerprint density at radius 2 is 2.24 bits per heavy atom. The number of ether oxygens (including phenoxy) is 2. The fourth-order valence-electron chi connectivity index (χ4n) is 1.82. The van der Waals surface area contributed by atoms with Crippen LogP contribution in [0.5, 0.6) is 0 Å². The van der Waals surface area contributed by atoms with Crippen LogP contribution in [0.1, 0.15) is 28.4 Å². The summed E-state index contributed by atoms with van der Waals surface area (Å²) in [5, 5.41) is 0.259. The summed E-state index contributed by atoms with van der Waals surface area (Å²) in [5.74, 6) is 2.50. The summed E-state index contributed by atoms with van der Waals surface area (Å²) in [6.07, 6.45) is 0.596. The van der Waals surface area contributed by atoms with Gasteiger partial charge in [0.25, 0.3) is 0 Å². The van der Waals surface area contributed by atoms with Crippen molar-refractivity contribution in [1.29, 1.82) is 0 Å². The molecule has 0 aliphatic rings. The van der Waals surface area contributed by atoms with Crippen LogP contribution in [0.2, 0.25) is 11.6 Å². The summed E-state index contributed by atoms with van der Waals surface area (Å²) >= 11 is 6.26. The van der Waals surface area contributed by atoms with Crippen LogP contribution in [0, 0.1) is 11.5 Å². The average molecular weight is 326 g/mol. The van der Waals surface area contributed by atoms with Crippen LogP contribution in [0.3, 0.4) is 0 Å². The van der Waals surface area contributed by atoms with Gasteiger partial charge in [0.15, 0.2) is 0 Å². The van der Waals surface area contributed by atoms with E-state index in [9.17, 15) is 4.79 Å². The van der Waals surface area contributed by atoms with E-state index in [1.54, 1.807) is 6.07 Å². The lowest BCUT2D eigenvalue weighted by atomic mass is 10.0. The van der Waals surface area contributed by atoms with E-state index < -0.39 is 15.5 Å². The van der Waals surface area contributed by atoms with E-state index in [0.717, 1.165) is 5.56 Å². The fraction of sp³-hybridized carbons (Fsp3) is 0.400. The molecule has 1 rings (SSSR count). The maximum absolute atomic E-state index is 11.8. The Balaban J connectivity index is 3.33. The van der Waals surface area contributed by atoms with Gasteiger partial charge in [0.05, 0.1) is 35.6 Å². The largest absolute Gasteiger partial charge is 0.465 e. The van der Waals surface area contributed by atoms with Crippen LogP contribution >= 0.6 is 11.6 Å². The molecule has 2 N–H and O–H groups in total. The number of hydrogen-bond donors (Lipinski definition) is 1. The molecular formula is C15H20ClNO3Si. The second kappa shape index (κ2) is 8.73. The Kier molecular flexibility index (Phi) is 7.30. The number of nitrogen functional groups attached to an aromatic ring is 1. The van der Waals surface area contributed by atoms with Crippen molar-refractivity contribution in [3.63, 3.8) is 0 Å². The average Bonchev–Trinajstić information content (AvgIpc) is 2.49. The fourth-order valence-corrected chi connectivity index (χ4v) is 2.45. The highest BCUT2D eigenvalue weighted by Gasteiger charge is 2.19. The van der Waals surface area contributed by atoms with Crippen molar-refractivity contribution >= 4 is 32.8 Å². The quantitative estimate of drug-likeness (QED) is 0.295. The van der Waals surface area contributed by atoms with E-state index in [-0.39, 0.29) is 5.02 Å². The van der Waals surface area contributed by atoms with Gasteiger partial charge in [-0.05, 0) is 25.0 Å². The van der Waals surface area contributed by atoms with Crippen LogP contribution in [0.25, 0.3) is 0 Å². The van der Waals surface area contributed by atoms with Gasteiger partial charge in [0.2, 0.25) is 0 Å². The van der Waals surface area contributed by atoms with Crippen molar-refractivity contribution < 1.29 is 14.3 Å². The minimum Gasteiger partial charge on any atom is -0.465 e. The Morgan fingerprint density at radius 1 is 1.52 bits per heavy atom. The molecule has 0 unspecified atom stereocenters. The highest BCUT2D eigenvalue weighted by Crippen LogP contribution is 2.30. The first-order chi connectivity index (χ1) is 10.1. The number of rotatable bonds is 5. The number of carbonyl (C=O) groups is 1. The zero-order valence-electron chi connectivity index (χ0n) is 12.6. The van der Waals surface area contributed by atoms with Crippen molar-refractivity contribution in [3.05, 3.63) is 27.8 Å². The van der Waals surface area contributed by atoms with Crippen LogP contribution < -0.4 is 5.73 Å². The van der Waals surface area contributed by atoms with Crippen LogP contribution in [-0.4, -0.2) is 35.8 Å². The topological polar surface area (TPSA) is 61.5 Å². The summed E-state index contributed by atoms with van der Waals surface area (Å²) < 4.78 is 10.1. The summed E-state index contributed by atoms with van der Waals surface area (Å²) in [5.41, 5.74) is 11.3. The smallest absolute Gasteiger partial charge is 0.339 e. The minimum absolute atomic E-state index is 0.259. The van der Waals surface area contributed by atoms with E-state index in [4.69, 9.17) is 26.8 Å². The maximum Gasteiger partial charge on any atom is 0.339 e. The molecule has 114 valence electrons. The minimum atomic E-state index is -0.491. The second-order valence-corrected chi connectivity index (χ2v) is 5.72. The van der Waals surface area contributed by atoms with Gasteiger partial charge in [-0.1, -0.05) is 24.1 Å². The molecule has 0 fully saturated rings. The van der Waals surface area contributed by atoms with E-state index >= 15 is 0 Å². The molecule has 6 heteroatoms. The normalized spacial score (nSPS) is 10.5. The third kappa shape index (κ3) is 4.50. The molecule has 1 aromatic rings. The van der Waals surface area contributed by atoms with Crippen LogP contribution in [0.4, 0.5) is 5.69 Å². The highest BCUT2D eigenvalue weighted by molar-refractivity contribution is 6.44. The molecule has 0 amide bonds. The van der Waals surface area contributed by atoms with E-state index in [0.29, 0.717) is 36.4 Å². The third-order valence-corrected chi connectivity index (χ3v) is 3.83. The summed E-state index contributed by atoms with van der Waals surface area (Å²) in [6.45, 7) is 5.15. The molecular weight excluding hydrogens is 306 g/mol. The summed E-state index contributed by atoms with van der Waals surface area (Å²) in [6, 6.07) is 1.66. The Morgan fingerprint density at radius 3 is 2.81 bits per heavy atom. The highest BCUT2D eigenvalue weighted by atomic mass is 35.5. The van der Waals surface area contributed by atoms with Crippen molar-refractivity contribution in [1.82, 2.24) is 0 Å². The van der Waals surface area contributed by atoms with Gasteiger partial charge in [0.1, 0.15) is 9.52 Å². The number of esters is 1.